The Morgan fingerprint density at radius 1 is 1.15 bits per heavy atom. The Kier molecular flexibility index (Phi) is 13.5. The molecule has 156 valence electrons. The fourth-order valence-corrected chi connectivity index (χ4v) is 3.06. The number of aliphatic hydroxyl groups excluding tert-OH is 1. The lowest BCUT2D eigenvalue weighted by atomic mass is 9.79. The molecule has 0 saturated heterocycles. The monoisotopic (exact) mass is 491 g/mol. The van der Waals surface area contributed by atoms with E-state index in [1.807, 2.05) is 19.1 Å². The molecule has 1 rings (SSSR count). The maximum Gasteiger partial charge on any atom is 0.193 e. The molecular formula is C21H38IN3O2. The summed E-state index contributed by atoms with van der Waals surface area (Å²) in [5.41, 5.74) is 1.30. The third-order valence-corrected chi connectivity index (χ3v) is 5.06. The molecule has 0 aliphatic rings. The number of ether oxygens (including phenoxy) is 1. The Morgan fingerprint density at radius 3 is 2.26 bits per heavy atom. The average molecular weight is 491 g/mol. The smallest absolute Gasteiger partial charge is 0.193 e. The van der Waals surface area contributed by atoms with Crippen LogP contribution in [-0.2, 0) is 6.54 Å². The summed E-state index contributed by atoms with van der Waals surface area (Å²) in [5, 5.41) is 12.8. The van der Waals surface area contributed by atoms with E-state index >= 15 is 0 Å². The molecule has 0 aromatic heterocycles. The van der Waals surface area contributed by atoms with Gasteiger partial charge in [-0.15, -0.1) is 24.0 Å². The summed E-state index contributed by atoms with van der Waals surface area (Å²) in [6.45, 7) is 11.7. The van der Waals surface area contributed by atoms with Crippen LogP contribution in [0.5, 0.6) is 5.75 Å². The van der Waals surface area contributed by atoms with Crippen LogP contribution in [0.4, 0.5) is 0 Å². The van der Waals surface area contributed by atoms with Crippen LogP contribution in [0.2, 0.25) is 0 Å². The Hall–Kier alpha value is -1.02. The summed E-state index contributed by atoms with van der Waals surface area (Å²) in [6.07, 6.45) is 2.84. The number of nitrogens with one attached hydrogen (secondary N) is 1. The Morgan fingerprint density at radius 2 is 1.78 bits per heavy atom. The molecule has 2 N–H and O–H groups in total. The van der Waals surface area contributed by atoms with E-state index in [1.54, 1.807) is 0 Å². The minimum Gasteiger partial charge on any atom is -0.494 e. The Bertz CT molecular complexity index is 531. The highest BCUT2D eigenvalue weighted by molar-refractivity contribution is 14.0. The number of benzene rings is 1. The number of halogens is 1. The summed E-state index contributed by atoms with van der Waals surface area (Å²) < 4.78 is 5.51. The number of aliphatic imine (C=N–C) groups is 1. The normalized spacial score (nSPS) is 11.7. The van der Waals surface area contributed by atoms with Crippen LogP contribution < -0.4 is 10.1 Å². The number of aliphatic hydroxyl groups is 1. The van der Waals surface area contributed by atoms with E-state index in [9.17, 15) is 5.11 Å². The highest BCUT2D eigenvalue weighted by Crippen LogP contribution is 2.30. The molecule has 0 radical (unpaired) electrons. The van der Waals surface area contributed by atoms with Crippen LogP contribution in [0.25, 0.3) is 0 Å². The van der Waals surface area contributed by atoms with Gasteiger partial charge in [-0.3, -0.25) is 4.99 Å². The first kappa shape index (κ1) is 26.0. The molecule has 0 bridgehead atoms. The second-order valence-electron chi connectivity index (χ2n) is 6.78. The molecule has 0 fully saturated rings. The first-order chi connectivity index (χ1) is 12.5. The zero-order valence-electron chi connectivity index (χ0n) is 17.6. The molecule has 0 unspecified atom stereocenters. The van der Waals surface area contributed by atoms with Gasteiger partial charge < -0.3 is 20.1 Å². The third-order valence-electron chi connectivity index (χ3n) is 5.06. The standard InChI is InChI=1S/C21H37N3O2.HI/c1-6-21(7-2,14-15-25)17-23-20(22-8-3)24(5)16-18-10-12-19(13-11-18)26-9-4;/h10-13,25H,6-9,14-17H2,1-5H3,(H,22,23);1H. The predicted molar refractivity (Wildman–Crippen MR) is 125 cm³/mol. The summed E-state index contributed by atoms with van der Waals surface area (Å²) in [5.74, 6) is 1.81. The molecule has 0 saturated carbocycles. The van der Waals surface area contributed by atoms with Crippen molar-refractivity contribution in [3.05, 3.63) is 29.8 Å². The van der Waals surface area contributed by atoms with Gasteiger partial charge in [-0.25, -0.2) is 0 Å². The average Bonchev–Trinajstić information content (AvgIpc) is 2.65. The van der Waals surface area contributed by atoms with Crippen molar-refractivity contribution in [3.63, 3.8) is 0 Å². The van der Waals surface area contributed by atoms with Gasteiger partial charge in [0.1, 0.15) is 5.75 Å². The molecule has 0 heterocycles. The van der Waals surface area contributed by atoms with Crippen molar-refractivity contribution < 1.29 is 9.84 Å². The van der Waals surface area contributed by atoms with E-state index < -0.39 is 0 Å². The summed E-state index contributed by atoms with van der Waals surface area (Å²) in [4.78, 5) is 7.03. The van der Waals surface area contributed by atoms with E-state index in [0.29, 0.717) is 6.61 Å². The van der Waals surface area contributed by atoms with E-state index in [2.05, 4.69) is 50.2 Å². The van der Waals surface area contributed by atoms with E-state index in [1.165, 1.54) is 5.56 Å². The second-order valence-corrected chi connectivity index (χ2v) is 6.78. The maximum absolute atomic E-state index is 9.41. The van der Waals surface area contributed by atoms with Gasteiger partial charge in [0.2, 0.25) is 0 Å². The van der Waals surface area contributed by atoms with Crippen molar-refractivity contribution >= 4 is 29.9 Å². The molecule has 0 aliphatic heterocycles. The Labute approximate surface area is 182 Å². The molecule has 27 heavy (non-hydrogen) atoms. The summed E-state index contributed by atoms with van der Waals surface area (Å²) in [6, 6.07) is 8.22. The molecule has 1 aromatic carbocycles. The van der Waals surface area contributed by atoms with Crippen LogP contribution in [0.3, 0.4) is 0 Å². The van der Waals surface area contributed by atoms with Crippen LogP contribution in [0, 0.1) is 5.41 Å². The largest absolute Gasteiger partial charge is 0.494 e. The Balaban J connectivity index is 0.00000676. The number of nitrogens with zero attached hydrogens (tertiary/aromatic N) is 2. The van der Waals surface area contributed by atoms with E-state index in [-0.39, 0.29) is 36.0 Å². The first-order valence-electron chi connectivity index (χ1n) is 9.86. The molecule has 0 amide bonds. The number of hydrogen-bond acceptors (Lipinski definition) is 3. The number of guanidine groups is 1. The zero-order valence-corrected chi connectivity index (χ0v) is 20.0. The molecule has 5 nitrogen and oxygen atoms in total. The van der Waals surface area contributed by atoms with Gasteiger partial charge >= 0.3 is 0 Å². The van der Waals surface area contributed by atoms with Gasteiger partial charge in [0, 0.05) is 33.3 Å². The lowest BCUT2D eigenvalue weighted by Gasteiger charge is -2.30. The fourth-order valence-electron chi connectivity index (χ4n) is 3.06. The van der Waals surface area contributed by atoms with Crippen LogP contribution in [0.15, 0.2) is 29.3 Å². The minimum absolute atomic E-state index is 0. The number of hydrogen-bond donors (Lipinski definition) is 2. The molecule has 0 spiro atoms. The maximum atomic E-state index is 9.41. The second kappa shape index (κ2) is 14.0. The van der Waals surface area contributed by atoms with Gasteiger partial charge in [-0.05, 0) is 56.2 Å². The lowest BCUT2D eigenvalue weighted by Crippen LogP contribution is -2.39. The fraction of sp³-hybridized carbons (Fsp3) is 0.667. The van der Waals surface area contributed by atoms with Crippen LogP contribution in [0.1, 0.15) is 52.5 Å². The molecule has 6 heteroatoms. The van der Waals surface area contributed by atoms with Crippen molar-refractivity contribution in [1.82, 2.24) is 10.2 Å². The predicted octanol–water partition coefficient (Wildman–Crippen LogP) is 4.29. The molecule has 0 atom stereocenters. The molecular weight excluding hydrogens is 453 g/mol. The topological polar surface area (TPSA) is 57.1 Å². The highest BCUT2D eigenvalue weighted by atomic mass is 127. The first-order valence-corrected chi connectivity index (χ1v) is 9.86. The molecule has 0 aliphatic carbocycles. The SMILES string of the molecule is CCNC(=NCC(CC)(CC)CCO)N(C)Cc1ccc(OCC)cc1.I. The van der Waals surface area contributed by atoms with Crippen molar-refractivity contribution in [3.8, 4) is 5.75 Å². The van der Waals surface area contributed by atoms with Crippen LogP contribution >= 0.6 is 24.0 Å². The highest BCUT2D eigenvalue weighted by Gasteiger charge is 2.25. The quantitative estimate of drug-likeness (QED) is 0.276. The van der Waals surface area contributed by atoms with Gasteiger partial charge in [0.05, 0.1) is 6.61 Å². The minimum atomic E-state index is 0. The van der Waals surface area contributed by atoms with Gasteiger partial charge in [-0.2, -0.15) is 0 Å². The molecule has 1 aromatic rings. The van der Waals surface area contributed by atoms with Gasteiger partial charge in [0.15, 0.2) is 5.96 Å². The third kappa shape index (κ3) is 8.68. The van der Waals surface area contributed by atoms with Crippen LogP contribution in [-0.4, -0.2) is 49.3 Å². The van der Waals surface area contributed by atoms with Gasteiger partial charge in [-0.1, -0.05) is 26.0 Å². The zero-order chi connectivity index (χ0) is 19.4. The van der Waals surface area contributed by atoms with Crippen molar-refractivity contribution in [2.24, 2.45) is 10.4 Å². The van der Waals surface area contributed by atoms with Crippen molar-refractivity contribution in [2.45, 2.75) is 53.5 Å². The van der Waals surface area contributed by atoms with Crippen molar-refractivity contribution in [1.29, 1.82) is 0 Å². The number of rotatable bonds is 11. The summed E-state index contributed by atoms with van der Waals surface area (Å²) >= 11 is 0. The lowest BCUT2D eigenvalue weighted by molar-refractivity contribution is 0.175. The van der Waals surface area contributed by atoms with Gasteiger partial charge in [0.25, 0.3) is 0 Å². The summed E-state index contributed by atoms with van der Waals surface area (Å²) in [7, 11) is 2.06. The van der Waals surface area contributed by atoms with Crippen molar-refractivity contribution in [2.75, 3.05) is 33.4 Å². The van der Waals surface area contributed by atoms with E-state index in [4.69, 9.17) is 9.73 Å². The van der Waals surface area contributed by atoms with E-state index in [0.717, 1.165) is 50.6 Å².